The van der Waals surface area contributed by atoms with E-state index in [-0.39, 0.29) is 40.7 Å². The maximum Gasteiger partial charge on any atom is 0.314 e. The molecule has 0 aromatic carbocycles. The Balaban J connectivity index is 1.91. The predicted molar refractivity (Wildman–Crippen MR) is 122 cm³/mol. The van der Waals surface area contributed by atoms with E-state index in [1.54, 1.807) is 0 Å². The minimum atomic E-state index is -1.92. The molecule has 0 aliphatic heterocycles. The highest BCUT2D eigenvalue weighted by atomic mass is 28.4. The number of carbonyl (C=O) groups excluding carboxylic acids is 2. The maximum atomic E-state index is 13.5. The molecule has 0 heterocycles. The molecular weight excluding hydrogens is 408 g/mol. The number of hydrogen-bond donors (Lipinski definition) is 0. The van der Waals surface area contributed by atoms with E-state index in [1.807, 2.05) is 6.92 Å². The third-order valence-electron chi connectivity index (χ3n) is 9.55. The van der Waals surface area contributed by atoms with Crippen molar-refractivity contribution in [2.45, 2.75) is 78.1 Å². The summed E-state index contributed by atoms with van der Waals surface area (Å²) in [5.41, 5.74) is 0.118. The van der Waals surface area contributed by atoms with Crippen molar-refractivity contribution in [3.05, 3.63) is 12.2 Å². The number of hydrogen-bond acceptors (Lipinski definition) is 5. The lowest BCUT2D eigenvalue weighted by molar-refractivity contribution is -0.183. The van der Waals surface area contributed by atoms with Crippen LogP contribution in [0.2, 0.25) is 19.6 Å². The van der Waals surface area contributed by atoms with Crippen LogP contribution in [0.4, 0.5) is 0 Å². The lowest BCUT2D eigenvalue weighted by Crippen LogP contribution is -2.60. The number of carbonyl (C=O) groups is 2. The van der Waals surface area contributed by atoms with Gasteiger partial charge in [-0.05, 0) is 93.7 Å². The molecule has 31 heavy (non-hydrogen) atoms. The molecular formula is C25H40O5Si. The lowest BCUT2D eigenvalue weighted by atomic mass is 9.52. The monoisotopic (exact) mass is 448 g/mol. The Labute approximate surface area is 188 Å². The number of allylic oxidation sites excluding steroid dienone is 1. The molecule has 0 aromatic rings. The molecule has 8 atom stereocenters. The Morgan fingerprint density at radius 3 is 2.32 bits per heavy atom. The van der Waals surface area contributed by atoms with Crippen LogP contribution in [0.1, 0.15) is 52.4 Å². The molecule has 5 nitrogen and oxygen atoms in total. The molecule has 0 aromatic heterocycles. The average molecular weight is 449 g/mol. The van der Waals surface area contributed by atoms with E-state index in [9.17, 15) is 9.59 Å². The molecule has 0 amide bonds. The first kappa shape index (κ1) is 23.0. The summed E-state index contributed by atoms with van der Waals surface area (Å²) < 4.78 is 17.5. The Hall–Kier alpha value is -1.14. The molecule has 0 radical (unpaired) electrons. The molecule has 4 fully saturated rings. The van der Waals surface area contributed by atoms with Crippen LogP contribution in [0.5, 0.6) is 0 Å². The van der Waals surface area contributed by atoms with E-state index in [2.05, 4.69) is 33.1 Å². The molecule has 0 saturated heterocycles. The summed E-state index contributed by atoms with van der Waals surface area (Å²) in [4.78, 5) is 27.1. The van der Waals surface area contributed by atoms with Gasteiger partial charge in [-0.1, -0.05) is 19.1 Å². The molecule has 1 spiro atoms. The highest BCUT2D eigenvalue weighted by Gasteiger charge is 2.77. The number of rotatable bonds is 4. The second-order valence-electron chi connectivity index (χ2n) is 12.1. The molecule has 174 valence electrons. The molecule has 4 unspecified atom stereocenters. The minimum absolute atomic E-state index is 0.128. The molecule has 4 aliphatic carbocycles. The zero-order chi connectivity index (χ0) is 23.0. The summed E-state index contributed by atoms with van der Waals surface area (Å²) in [5, 5.41) is 0. The van der Waals surface area contributed by atoms with Crippen LogP contribution in [-0.4, -0.2) is 40.6 Å². The van der Waals surface area contributed by atoms with Gasteiger partial charge in [-0.3, -0.25) is 9.59 Å². The Kier molecular flexibility index (Phi) is 5.33. The van der Waals surface area contributed by atoms with Crippen LogP contribution in [0.15, 0.2) is 12.2 Å². The van der Waals surface area contributed by atoms with Crippen molar-refractivity contribution in [2.24, 2.45) is 39.9 Å². The van der Waals surface area contributed by atoms with Crippen LogP contribution in [0, 0.1) is 39.9 Å². The van der Waals surface area contributed by atoms with Crippen molar-refractivity contribution >= 4 is 20.3 Å². The van der Waals surface area contributed by atoms with Crippen LogP contribution < -0.4 is 0 Å². The van der Waals surface area contributed by atoms with Crippen molar-refractivity contribution < 1.29 is 23.5 Å². The van der Waals surface area contributed by atoms with E-state index in [0.29, 0.717) is 11.8 Å². The van der Waals surface area contributed by atoms with Gasteiger partial charge in [0.05, 0.1) is 31.7 Å². The maximum absolute atomic E-state index is 13.5. The highest BCUT2D eigenvalue weighted by Crippen LogP contribution is 2.78. The Morgan fingerprint density at radius 2 is 1.74 bits per heavy atom. The first-order valence-corrected chi connectivity index (χ1v) is 15.3. The van der Waals surface area contributed by atoms with Crippen LogP contribution in [0.3, 0.4) is 0 Å². The molecule has 4 aliphatic rings. The predicted octanol–water partition coefficient (Wildman–Crippen LogP) is 4.97. The fourth-order valence-electron chi connectivity index (χ4n) is 8.73. The molecule has 6 heteroatoms. The van der Waals surface area contributed by atoms with Crippen LogP contribution in [0.25, 0.3) is 0 Å². The van der Waals surface area contributed by atoms with E-state index >= 15 is 0 Å². The number of methoxy groups -OCH3 is 2. The van der Waals surface area contributed by atoms with Crippen molar-refractivity contribution in [2.75, 3.05) is 14.2 Å². The van der Waals surface area contributed by atoms with E-state index in [4.69, 9.17) is 13.9 Å². The first-order chi connectivity index (χ1) is 14.3. The minimum Gasteiger partial charge on any atom is -0.469 e. The second kappa shape index (κ2) is 7.18. The summed E-state index contributed by atoms with van der Waals surface area (Å²) in [6.07, 6.45) is 5.68. The highest BCUT2D eigenvalue weighted by molar-refractivity contribution is 6.69. The van der Waals surface area contributed by atoms with Gasteiger partial charge in [0.2, 0.25) is 0 Å². The van der Waals surface area contributed by atoms with Gasteiger partial charge in [-0.15, -0.1) is 0 Å². The largest absolute Gasteiger partial charge is 0.469 e. The van der Waals surface area contributed by atoms with Gasteiger partial charge in [0.1, 0.15) is 0 Å². The SMILES string of the molecule is C=C1C[C@]23C[C@H]1CCC2[C@]1(C)CC[C@H](O[Si](C)(C)C)C(C)(C(=O)OC)C1C3C(=O)OC. The van der Waals surface area contributed by atoms with Gasteiger partial charge in [-0.25, -0.2) is 0 Å². The van der Waals surface area contributed by atoms with Gasteiger partial charge in [0, 0.05) is 0 Å². The summed E-state index contributed by atoms with van der Waals surface area (Å²) in [6, 6.07) is 0. The normalized spacial score (nSPS) is 46.3. The van der Waals surface area contributed by atoms with E-state index in [1.165, 1.54) is 19.8 Å². The Morgan fingerprint density at radius 1 is 1.06 bits per heavy atom. The molecule has 0 N–H and O–H groups in total. The number of esters is 2. The van der Waals surface area contributed by atoms with Gasteiger partial charge in [-0.2, -0.15) is 0 Å². The van der Waals surface area contributed by atoms with Crippen LogP contribution >= 0.6 is 0 Å². The lowest BCUT2D eigenvalue weighted by Gasteiger charge is -2.55. The fourth-order valence-corrected chi connectivity index (χ4v) is 9.94. The van der Waals surface area contributed by atoms with E-state index < -0.39 is 13.7 Å². The Bertz CT molecular complexity index is 802. The van der Waals surface area contributed by atoms with Gasteiger partial charge in [0.15, 0.2) is 8.32 Å². The second-order valence-corrected chi connectivity index (χ2v) is 16.6. The topological polar surface area (TPSA) is 61.8 Å². The smallest absolute Gasteiger partial charge is 0.314 e. The molecule has 4 saturated carbocycles. The van der Waals surface area contributed by atoms with Crippen molar-refractivity contribution in [1.29, 1.82) is 0 Å². The quantitative estimate of drug-likeness (QED) is 0.345. The van der Waals surface area contributed by atoms with Crippen molar-refractivity contribution in [3.8, 4) is 0 Å². The number of ether oxygens (including phenoxy) is 2. The summed E-state index contributed by atoms with van der Waals surface area (Å²) in [7, 11) is 1.03. The summed E-state index contributed by atoms with van der Waals surface area (Å²) in [5.74, 6) is -0.0230. The molecule has 2 bridgehead atoms. The zero-order valence-corrected chi connectivity index (χ0v) is 21.4. The fraction of sp³-hybridized carbons (Fsp3) is 0.840. The third kappa shape index (κ3) is 3.03. The van der Waals surface area contributed by atoms with Gasteiger partial charge in [0.25, 0.3) is 0 Å². The zero-order valence-electron chi connectivity index (χ0n) is 20.4. The third-order valence-corrected chi connectivity index (χ3v) is 10.5. The number of fused-ring (bicyclic) bond motifs is 3. The summed E-state index contributed by atoms with van der Waals surface area (Å²) >= 11 is 0. The molecule has 4 rings (SSSR count). The van der Waals surface area contributed by atoms with Crippen LogP contribution in [-0.2, 0) is 23.5 Å². The van der Waals surface area contributed by atoms with E-state index in [0.717, 1.165) is 38.5 Å². The van der Waals surface area contributed by atoms with Crippen molar-refractivity contribution in [3.63, 3.8) is 0 Å². The average Bonchev–Trinajstić information content (AvgIpc) is 3.08. The summed E-state index contributed by atoms with van der Waals surface area (Å²) in [6.45, 7) is 15.2. The van der Waals surface area contributed by atoms with Gasteiger partial charge >= 0.3 is 11.9 Å². The van der Waals surface area contributed by atoms with Gasteiger partial charge < -0.3 is 13.9 Å². The van der Waals surface area contributed by atoms with Crippen molar-refractivity contribution in [1.82, 2.24) is 0 Å². The standard InChI is InChI=1S/C25H40O5Si/c1-15-13-25-14-16(15)9-10-17(25)23(2)12-11-18(30-31(6,7)8)24(3,22(27)29-5)20(23)19(25)21(26)28-4/h16-20H,1,9-14H2,2-8H3/t16-,17?,18+,19?,20?,23+,24?,25+/m1/s1. The first-order valence-electron chi connectivity index (χ1n) is 11.9.